The fourth-order valence-corrected chi connectivity index (χ4v) is 11.5. The predicted octanol–water partition coefficient (Wildman–Crippen LogP) is 4.01. The number of hydrogen-bond acceptors (Lipinski definition) is 6. The number of nitrogens with zero attached hydrogens (tertiary/aromatic N) is 3. The first-order chi connectivity index (χ1) is 20.1. The van der Waals surface area contributed by atoms with E-state index >= 15 is 0 Å². The summed E-state index contributed by atoms with van der Waals surface area (Å²) in [6.45, 7) is 6.69. The van der Waals surface area contributed by atoms with Gasteiger partial charge < -0.3 is 9.80 Å². The van der Waals surface area contributed by atoms with Gasteiger partial charge in [-0.05, 0) is 91.7 Å². The number of carbonyl (C=O) groups excluding carboxylic acids is 2. The SMILES string of the molecule is CC1C(CS(C)(=O)=O)C2CC1C1C(=O)N(C[C@@H]3CCCC[C@H]3CN3CCC(N4CCc5ccc(F)cc54)CC3)C(=O)C21. The molecule has 8 atom stereocenters. The fourth-order valence-electron chi connectivity index (χ4n) is 10.3. The zero-order chi connectivity index (χ0) is 29.3. The Balaban J connectivity index is 0.976. The molecule has 0 N–H and O–H groups in total. The van der Waals surface area contributed by atoms with Gasteiger partial charge in [0.1, 0.15) is 15.7 Å². The van der Waals surface area contributed by atoms with Crippen LogP contribution in [0, 0.1) is 53.2 Å². The van der Waals surface area contributed by atoms with Gasteiger partial charge in [-0.3, -0.25) is 14.5 Å². The second kappa shape index (κ2) is 10.9. The van der Waals surface area contributed by atoms with E-state index in [0.717, 1.165) is 76.8 Å². The van der Waals surface area contributed by atoms with Gasteiger partial charge in [0.25, 0.3) is 0 Å². The average molecular weight is 600 g/mol. The van der Waals surface area contributed by atoms with Crippen LogP contribution in [0.15, 0.2) is 18.2 Å². The average Bonchev–Trinajstić information content (AvgIpc) is 3.68. The summed E-state index contributed by atoms with van der Waals surface area (Å²) >= 11 is 0. The van der Waals surface area contributed by atoms with Crippen molar-refractivity contribution in [2.45, 2.75) is 64.3 Å². The molecule has 1 aromatic rings. The first kappa shape index (κ1) is 28.8. The number of benzene rings is 1. The van der Waals surface area contributed by atoms with Crippen molar-refractivity contribution in [1.82, 2.24) is 9.80 Å². The Morgan fingerprint density at radius 1 is 0.905 bits per heavy atom. The number of anilines is 1. The number of rotatable bonds is 7. The highest BCUT2D eigenvalue weighted by molar-refractivity contribution is 7.90. The summed E-state index contributed by atoms with van der Waals surface area (Å²) in [7, 11) is -3.14. The van der Waals surface area contributed by atoms with E-state index in [2.05, 4.69) is 16.7 Å². The predicted molar refractivity (Wildman–Crippen MR) is 160 cm³/mol. The van der Waals surface area contributed by atoms with Crippen LogP contribution >= 0.6 is 0 Å². The second-order valence-electron chi connectivity index (χ2n) is 14.6. The number of hydrogen-bond donors (Lipinski definition) is 0. The van der Waals surface area contributed by atoms with Gasteiger partial charge in [-0.2, -0.15) is 0 Å². The van der Waals surface area contributed by atoms with Crippen LogP contribution in [0.1, 0.15) is 57.4 Å². The van der Waals surface area contributed by atoms with E-state index in [0.29, 0.717) is 24.4 Å². The molecular formula is C33H46FN3O4S. The number of halogens is 1. The van der Waals surface area contributed by atoms with Crippen molar-refractivity contribution in [3.8, 4) is 0 Å². The van der Waals surface area contributed by atoms with E-state index < -0.39 is 9.84 Å². The number of sulfone groups is 1. The summed E-state index contributed by atoms with van der Waals surface area (Å²) in [4.78, 5) is 34.1. The smallest absolute Gasteiger partial charge is 0.233 e. The second-order valence-corrected chi connectivity index (χ2v) is 16.8. The highest BCUT2D eigenvalue weighted by Gasteiger charge is 2.66. The minimum absolute atomic E-state index is 0.0126. The van der Waals surface area contributed by atoms with E-state index in [4.69, 9.17) is 0 Å². The lowest BCUT2D eigenvalue weighted by Crippen LogP contribution is -2.47. The third-order valence-electron chi connectivity index (χ3n) is 12.3. The zero-order valence-corrected chi connectivity index (χ0v) is 25.9. The van der Waals surface area contributed by atoms with E-state index in [9.17, 15) is 22.4 Å². The minimum atomic E-state index is -3.14. The summed E-state index contributed by atoms with van der Waals surface area (Å²) in [6.07, 6.45) is 9.82. The number of amides is 2. The summed E-state index contributed by atoms with van der Waals surface area (Å²) in [6, 6.07) is 5.66. The van der Waals surface area contributed by atoms with Crippen molar-refractivity contribution in [2.75, 3.05) is 49.6 Å². The molecule has 3 aliphatic heterocycles. The van der Waals surface area contributed by atoms with Gasteiger partial charge in [0.05, 0.1) is 17.6 Å². The van der Waals surface area contributed by atoms with Crippen LogP contribution in [0.4, 0.5) is 10.1 Å². The van der Waals surface area contributed by atoms with E-state index in [1.165, 1.54) is 18.2 Å². The molecule has 3 heterocycles. The number of imide groups is 1. The summed E-state index contributed by atoms with van der Waals surface area (Å²) in [5.74, 6) is 0.551. The molecule has 9 heteroatoms. The van der Waals surface area contributed by atoms with Crippen LogP contribution in [0.2, 0.25) is 0 Å². The van der Waals surface area contributed by atoms with Gasteiger partial charge in [-0.15, -0.1) is 0 Å². The molecule has 6 aliphatic rings. The third-order valence-corrected chi connectivity index (χ3v) is 13.3. The molecule has 0 radical (unpaired) electrons. The Hall–Kier alpha value is -2.00. The molecule has 0 aromatic heterocycles. The molecule has 2 saturated heterocycles. The molecule has 42 heavy (non-hydrogen) atoms. The van der Waals surface area contributed by atoms with Crippen molar-refractivity contribution in [3.63, 3.8) is 0 Å². The van der Waals surface area contributed by atoms with Crippen LogP contribution in [0.5, 0.6) is 0 Å². The van der Waals surface area contributed by atoms with Crippen LogP contribution in [0.25, 0.3) is 0 Å². The Morgan fingerprint density at radius 2 is 1.57 bits per heavy atom. The zero-order valence-electron chi connectivity index (χ0n) is 25.1. The fraction of sp³-hybridized carbons (Fsp3) is 0.758. The molecular weight excluding hydrogens is 553 g/mol. The van der Waals surface area contributed by atoms with Crippen molar-refractivity contribution < 1.29 is 22.4 Å². The Bertz CT molecular complexity index is 1340. The van der Waals surface area contributed by atoms with E-state index in [1.54, 1.807) is 17.0 Å². The maximum Gasteiger partial charge on any atom is 0.233 e. The molecule has 5 fully saturated rings. The highest BCUT2D eigenvalue weighted by atomic mass is 32.2. The summed E-state index contributed by atoms with van der Waals surface area (Å²) in [5.41, 5.74) is 2.34. The summed E-state index contributed by atoms with van der Waals surface area (Å²) < 4.78 is 38.2. The highest BCUT2D eigenvalue weighted by Crippen LogP contribution is 2.61. The molecule has 3 saturated carbocycles. The number of fused-ring (bicyclic) bond motifs is 6. The van der Waals surface area contributed by atoms with Crippen molar-refractivity contribution in [3.05, 3.63) is 29.6 Å². The number of likely N-dealkylation sites (tertiary alicyclic amines) is 2. The van der Waals surface area contributed by atoms with Crippen LogP contribution < -0.4 is 4.90 Å². The first-order valence-electron chi connectivity index (χ1n) is 16.4. The lowest BCUT2D eigenvalue weighted by Gasteiger charge is -2.41. The molecule has 230 valence electrons. The van der Waals surface area contributed by atoms with Gasteiger partial charge in [0.2, 0.25) is 11.8 Å². The molecule has 2 bridgehead atoms. The van der Waals surface area contributed by atoms with Crippen LogP contribution in [-0.4, -0.2) is 80.8 Å². The van der Waals surface area contributed by atoms with Gasteiger partial charge in [0.15, 0.2) is 0 Å². The lowest BCUT2D eigenvalue weighted by atomic mass is 9.70. The van der Waals surface area contributed by atoms with E-state index in [-0.39, 0.29) is 58.9 Å². The van der Waals surface area contributed by atoms with Gasteiger partial charge >= 0.3 is 0 Å². The molecule has 6 unspecified atom stereocenters. The minimum Gasteiger partial charge on any atom is -0.368 e. The van der Waals surface area contributed by atoms with Crippen LogP contribution in [0.3, 0.4) is 0 Å². The van der Waals surface area contributed by atoms with Crippen LogP contribution in [-0.2, 0) is 25.8 Å². The van der Waals surface area contributed by atoms with Crippen molar-refractivity contribution in [2.24, 2.45) is 47.3 Å². The molecule has 3 aliphatic carbocycles. The van der Waals surface area contributed by atoms with Gasteiger partial charge in [0, 0.05) is 50.7 Å². The number of carbonyl (C=O) groups is 2. The summed E-state index contributed by atoms with van der Waals surface area (Å²) in [5, 5.41) is 0. The molecule has 2 amide bonds. The first-order valence-corrected chi connectivity index (χ1v) is 18.5. The molecule has 7 nitrogen and oxygen atoms in total. The third kappa shape index (κ3) is 5.00. The van der Waals surface area contributed by atoms with Gasteiger partial charge in [-0.25, -0.2) is 12.8 Å². The van der Waals surface area contributed by atoms with Crippen molar-refractivity contribution >= 4 is 27.3 Å². The molecule has 0 spiro atoms. The topological polar surface area (TPSA) is 78.0 Å². The molecule has 7 rings (SSSR count). The quantitative estimate of drug-likeness (QED) is 0.441. The Kier molecular flexibility index (Phi) is 7.44. The maximum atomic E-state index is 14.0. The Morgan fingerprint density at radius 3 is 2.26 bits per heavy atom. The standard InChI is InChI=1S/C33H46FN3O4S/c1-20-26-16-27(28(20)19-42(2,40)41)31-30(26)32(38)37(33(31)39)18-23-6-4-3-5-22(23)17-35-12-10-25(11-13-35)36-14-9-21-7-8-24(34)15-29(21)36/h7-8,15,20,22-23,25-28,30-31H,3-6,9-14,16-19H2,1-2H3/t20?,22-,23-,26?,27?,28?,30?,31?/m0/s1. The van der Waals surface area contributed by atoms with E-state index in [1.807, 2.05) is 6.07 Å². The lowest BCUT2D eigenvalue weighted by molar-refractivity contribution is -0.142. The number of piperidine rings is 1. The van der Waals surface area contributed by atoms with Crippen molar-refractivity contribution in [1.29, 1.82) is 0 Å². The normalized spacial score (nSPS) is 37.1. The van der Waals surface area contributed by atoms with Gasteiger partial charge in [-0.1, -0.05) is 25.8 Å². The monoisotopic (exact) mass is 599 g/mol. The molecule has 1 aromatic carbocycles. The maximum absolute atomic E-state index is 14.0. The largest absolute Gasteiger partial charge is 0.368 e. The Labute approximate surface area is 250 Å².